The van der Waals surface area contributed by atoms with Gasteiger partial charge in [-0.15, -0.1) is 0 Å². The second-order valence-corrected chi connectivity index (χ2v) is 4.04. The lowest BCUT2D eigenvalue weighted by Crippen LogP contribution is -2.10. The van der Waals surface area contributed by atoms with Gasteiger partial charge < -0.3 is 4.74 Å². The molecule has 1 fully saturated rings. The van der Waals surface area contributed by atoms with Crippen LogP contribution in [0.1, 0.15) is 30.9 Å². The highest BCUT2D eigenvalue weighted by Gasteiger charge is 2.42. The van der Waals surface area contributed by atoms with Gasteiger partial charge in [0.15, 0.2) is 0 Å². The highest BCUT2D eigenvalue weighted by atomic mass is 16.5. The molecule has 0 bridgehead atoms. The van der Waals surface area contributed by atoms with Gasteiger partial charge in [0.25, 0.3) is 0 Å². The Bertz CT molecular complexity index is 388. The molecule has 1 nitrogen and oxygen atoms in total. The number of hydrogen-bond donors (Lipinski definition) is 0. The van der Waals surface area contributed by atoms with E-state index in [1.807, 2.05) is 6.92 Å². The van der Waals surface area contributed by atoms with Gasteiger partial charge in [0.05, 0.1) is 0 Å². The highest BCUT2D eigenvalue weighted by molar-refractivity contribution is 5.39. The molecule has 0 aromatic heterocycles. The topological polar surface area (TPSA) is 9.23 Å². The Kier molecular flexibility index (Phi) is 2.79. The summed E-state index contributed by atoms with van der Waals surface area (Å²) in [6.07, 6.45) is 2.17. The summed E-state index contributed by atoms with van der Waals surface area (Å²) in [6, 6.07) is 8.29. The quantitative estimate of drug-likeness (QED) is 0.667. The van der Waals surface area contributed by atoms with Crippen LogP contribution < -0.4 is 0 Å². The molecule has 1 aromatic carbocycles. The Balaban J connectivity index is 2.08. The predicted octanol–water partition coefficient (Wildman–Crippen LogP) is 2.92. The lowest BCUT2D eigenvalue weighted by Gasteiger charge is -2.05. The minimum atomic E-state index is -0.111. The van der Waals surface area contributed by atoms with E-state index in [0.717, 1.165) is 25.0 Å². The number of benzene rings is 1. The zero-order chi connectivity index (χ0) is 10.7. The zero-order valence-corrected chi connectivity index (χ0v) is 9.34. The SMILES string of the molecule is CCOC1(C#Cc2ccc(C)cc2)CC1. The van der Waals surface area contributed by atoms with Gasteiger partial charge in [-0.2, -0.15) is 0 Å². The van der Waals surface area contributed by atoms with Crippen molar-refractivity contribution in [3.8, 4) is 11.8 Å². The van der Waals surface area contributed by atoms with Crippen LogP contribution in [-0.4, -0.2) is 12.2 Å². The van der Waals surface area contributed by atoms with Gasteiger partial charge in [-0.05, 0) is 38.8 Å². The molecule has 1 heteroatoms. The maximum Gasteiger partial charge on any atom is 0.129 e. The maximum absolute atomic E-state index is 5.61. The molecule has 1 saturated carbocycles. The Labute approximate surface area is 91.5 Å². The molecular formula is C14H16O. The molecule has 0 N–H and O–H groups in total. The first-order valence-corrected chi connectivity index (χ1v) is 5.48. The Morgan fingerprint density at radius 3 is 2.47 bits per heavy atom. The van der Waals surface area contributed by atoms with Crippen molar-refractivity contribution in [1.82, 2.24) is 0 Å². The van der Waals surface area contributed by atoms with E-state index in [2.05, 4.69) is 43.0 Å². The molecule has 0 atom stereocenters. The van der Waals surface area contributed by atoms with Crippen molar-refractivity contribution in [3.63, 3.8) is 0 Å². The standard InChI is InChI=1S/C14H16O/c1-3-15-14(10-11-14)9-8-13-6-4-12(2)5-7-13/h4-7H,3,10-11H2,1-2H3. The summed E-state index contributed by atoms with van der Waals surface area (Å²) < 4.78 is 5.61. The molecule has 0 saturated heterocycles. The minimum absolute atomic E-state index is 0.111. The van der Waals surface area contributed by atoms with Crippen LogP contribution in [0, 0.1) is 18.8 Å². The van der Waals surface area contributed by atoms with E-state index in [4.69, 9.17) is 4.74 Å². The van der Waals surface area contributed by atoms with Crippen molar-refractivity contribution in [3.05, 3.63) is 35.4 Å². The van der Waals surface area contributed by atoms with Gasteiger partial charge >= 0.3 is 0 Å². The van der Waals surface area contributed by atoms with E-state index in [9.17, 15) is 0 Å². The Morgan fingerprint density at radius 2 is 1.93 bits per heavy atom. The van der Waals surface area contributed by atoms with Crippen LogP contribution in [0.5, 0.6) is 0 Å². The number of hydrogen-bond acceptors (Lipinski definition) is 1. The number of ether oxygens (including phenoxy) is 1. The number of aryl methyl sites for hydroxylation is 1. The molecule has 2 rings (SSSR count). The van der Waals surface area contributed by atoms with E-state index in [1.54, 1.807) is 0 Å². The highest BCUT2D eigenvalue weighted by Crippen LogP contribution is 2.38. The van der Waals surface area contributed by atoms with Crippen LogP contribution in [0.3, 0.4) is 0 Å². The van der Waals surface area contributed by atoms with Crippen LogP contribution in [0.15, 0.2) is 24.3 Å². The van der Waals surface area contributed by atoms with E-state index < -0.39 is 0 Å². The molecule has 1 aromatic rings. The van der Waals surface area contributed by atoms with Crippen molar-refractivity contribution < 1.29 is 4.74 Å². The van der Waals surface area contributed by atoms with Crippen LogP contribution in [0.4, 0.5) is 0 Å². The first-order chi connectivity index (χ1) is 7.24. The minimum Gasteiger partial charge on any atom is -0.363 e. The molecule has 0 spiro atoms. The fourth-order valence-electron chi connectivity index (χ4n) is 1.52. The average molecular weight is 200 g/mol. The molecule has 1 aliphatic rings. The fraction of sp³-hybridized carbons (Fsp3) is 0.429. The third-order valence-corrected chi connectivity index (χ3v) is 2.61. The third-order valence-electron chi connectivity index (χ3n) is 2.61. The van der Waals surface area contributed by atoms with Crippen molar-refractivity contribution >= 4 is 0 Å². The molecule has 0 heterocycles. The van der Waals surface area contributed by atoms with Crippen LogP contribution in [0.25, 0.3) is 0 Å². The summed E-state index contributed by atoms with van der Waals surface area (Å²) >= 11 is 0. The van der Waals surface area contributed by atoms with Crippen molar-refractivity contribution in [2.24, 2.45) is 0 Å². The lowest BCUT2D eigenvalue weighted by molar-refractivity contribution is 0.0847. The molecule has 0 radical (unpaired) electrons. The smallest absolute Gasteiger partial charge is 0.129 e. The monoisotopic (exact) mass is 200 g/mol. The van der Waals surface area contributed by atoms with Gasteiger partial charge in [0.1, 0.15) is 5.60 Å². The summed E-state index contributed by atoms with van der Waals surface area (Å²) in [5, 5.41) is 0. The van der Waals surface area contributed by atoms with E-state index in [0.29, 0.717) is 0 Å². The first kappa shape index (κ1) is 10.3. The van der Waals surface area contributed by atoms with E-state index >= 15 is 0 Å². The molecule has 0 unspecified atom stereocenters. The summed E-state index contributed by atoms with van der Waals surface area (Å²) in [6.45, 7) is 4.86. The van der Waals surface area contributed by atoms with Crippen molar-refractivity contribution in [2.45, 2.75) is 32.3 Å². The predicted molar refractivity (Wildman–Crippen MR) is 61.6 cm³/mol. The second kappa shape index (κ2) is 4.08. The Morgan fingerprint density at radius 1 is 1.27 bits per heavy atom. The van der Waals surface area contributed by atoms with Gasteiger partial charge in [0.2, 0.25) is 0 Å². The van der Waals surface area contributed by atoms with Crippen LogP contribution in [-0.2, 0) is 4.74 Å². The summed E-state index contributed by atoms with van der Waals surface area (Å²) in [7, 11) is 0. The molecule has 1 aliphatic carbocycles. The Hall–Kier alpha value is -1.26. The molecule has 78 valence electrons. The van der Waals surface area contributed by atoms with Crippen LogP contribution in [0.2, 0.25) is 0 Å². The van der Waals surface area contributed by atoms with Gasteiger partial charge in [-0.1, -0.05) is 29.5 Å². The normalized spacial score (nSPS) is 16.7. The van der Waals surface area contributed by atoms with Gasteiger partial charge in [0, 0.05) is 12.2 Å². The first-order valence-electron chi connectivity index (χ1n) is 5.48. The van der Waals surface area contributed by atoms with Gasteiger partial charge in [-0.25, -0.2) is 0 Å². The van der Waals surface area contributed by atoms with Crippen molar-refractivity contribution in [2.75, 3.05) is 6.61 Å². The summed E-state index contributed by atoms with van der Waals surface area (Å²) in [5.74, 6) is 6.42. The number of rotatable bonds is 2. The lowest BCUT2D eigenvalue weighted by atomic mass is 10.1. The molecular weight excluding hydrogens is 184 g/mol. The largest absolute Gasteiger partial charge is 0.363 e. The average Bonchev–Trinajstić information content (AvgIpc) is 2.99. The summed E-state index contributed by atoms with van der Waals surface area (Å²) in [4.78, 5) is 0. The zero-order valence-electron chi connectivity index (χ0n) is 9.34. The fourth-order valence-corrected chi connectivity index (χ4v) is 1.52. The van der Waals surface area contributed by atoms with Gasteiger partial charge in [-0.3, -0.25) is 0 Å². The molecule has 0 amide bonds. The second-order valence-electron chi connectivity index (χ2n) is 4.04. The van der Waals surface area contributed by atoms with Crippen LogP contribution >= 0.6 is 0 Å². The molecule has 0 aliphatic heterocycles. The van der Waals surface area contributed by atoms with Crippen molar-refractivity contribution in [1.29, 1.82) is 0 Å². The third kappa shape index (κ3) is 2.61. The molecule has 15 heavy (non-hydrogen) atoms. The van der Waals surface area contributed by atoms with E-state index in [-0.39, 0.29) is 5.60 Å². The van der Waals surface area contributed by atoms with E-state index in [1.165, 1.54) is 5.56 Å². The maximum atomic E-state index is 5.61. The summed E-state index contributed by atoms with van der Waals surface area (Å²) in [5.41, 5.74) is 2.23.